The van der Waals surface area contributed by atoms with Gasteiger partial charge in [0.2, 0.25) is 0 Å². The minimum atomic E-state index is 0.143. The number of nitrogens with two attached hydrogens (primary N) is 1. The Morgan fingerprint density at radius 2 is 1.93 bits per heavy atom. The molecule has 0 radical (unpaired) electrons. The molecule has 1 aromatic carbocycles. The molecule has 4 heteroatoms. The summed E-state index contributed by atoms with van der Waals surface area (Å²) < 4.78 is 10.4. The standard InChI is InChI=1S/C11H18N2O2/c1-4-9(13-12)8-5-6-10(14-2)11(7-8)15-3/h5-7,9,13H,4,12H2,1-3H3. The van der Waals surface area contributed by atoms with Crippen molar-refractivity contribution >= 4 is 0 Å². The van der Waals surface area contributed by atoms with Crippen molar-refractivity contribution in [3.8, 4) is 11.5 Å². The van der Waals surface area contributed by atoms with Crippen LogP contribution in [0.3, 0.4) is 0 Å². The minimum Gasteiger partial charge on any atom is -0.493 e. The van der Waals surface area contributed by atoms with Gasteiger partial charge in [-0.05, 0) is 24.1 Å². The molecule has 0 saturated carbocycles. The second kappa shape index (κ2) is 5.58. The summed E-state index contributed by atoms with van der Waals surface area (Å²) in [4.78, 5) is 0. The van der Waals surface area contributed by atoms with Crippen LogP contribution in [0.5, 0.6) is 11.5 Å². The molecule has 1 aromatic rings. The van der Waals surface area contributed by atoms with E-state index in [1.807, 2.05) is 18.2 Å². The molecule has 0 saturated heterocycles. The number of benzene rings is 1. The van der Waals surface area contributed by atoms with Gasteiger partial charge in [0, 0.05) is 6.04 Å². The maximum atomic E-state index is 5.46. The summed E-state index contributed by atoms with van der Waals surface area (Å²) in [6.45, 7) is 2.07. The lowest BCUT2D eigenvalue weighted by molar-refractivity contribution is 0.353. The van der Waals surface area contributed by atoms with Crippen LogP contribution >= 0.6 is 0 Å². The number of hydrogen-bond acceptors (Lipinski definition) is 4. The molecule has 15 heavy (non-hydrogen) atoms. The van der Waals surface area contributed by atoms with Crippen molar-refractivity contribution in [2.45, 2.75) is 19.4 Å². The average molecular weight is 210 g/mol. The fraction of sp³-hybridized carbons (Fsp3) is 0.455. The Kier molecular flexibility index (Phi) is 4.39. The van der Waals surface area contributed by atoms with Crippen LogP contribution in [-0.2, 0) is 0 Å². The van der Waals surface area contributed by atoms with E-state index in [0.717, 1.165) is 23.5 Å². The molecule has 0 amide bonds. The molecule has 4 nitrogen and oxygen atoms in total. The van der Waals surface area contributed by atoms with E-state index >= 15 is 0 Å². The van der Waals surface area contributed by atoms with E-state index in [2.05, 4.69) is 12.3 Å². The third kappa shape index (κ3) is 2.61. The van der Waals surface area contributed by atoms with Crippen LogP contribution in [0.4, 0.5) is 0 Å². The molecule has 1 atom stereocenters. The summed E-state index contributed by atoms with van der Waals surface area (Å²) >= 11 is 0. The molecule has 0 aliphatic heterocycles. The van der Waals surface area contributed by atoms with Gasteiger partial charge in [0.1, 0.15) is 0 Å². The zero-order valence-corrected chi connectivity index (χ0v) is 9.41. The van der Waals surface area contributed by atoms with Gasteiger partial charge < -0.3 is 9.47 Å². The Morgan fingerprint density at radius 1 is 1.27 bits per heavy atom. The Morgan fingerprint density at radius 3 is 2.40 bits per heavy atom. The zero-order valence-electron chi connectivity index (χ0n) is 9.41. The highest BCUT2D eigenvalue weighted by Gasteiger charge is 2.10. The largest absolute Gasteiger partial charge is 0.493 e. The van der Waals surface area contributed by atoms with Gasteiger partial charge in [0.25, 0.3) is 0 Å². The van der Waals surface area contributed by atoms with Gasteiger partial charge in [-0.25, -0.2) is 0 Å². The second-order valence-electron chi connectivity index (χ2n) is 3.24. The third-order valence-electron chi connectivity index (χ3n) is 2.42. The van der Waals surface area contributed by atoms with Gasteiger partial charge in [0.15, 0.2) is 11.5 Å². The molecular weight excluding hydrogens is 192 g/mol. The summed E-state index contributed by atoms with van der Waals surface area (Å²) in [5, 5.41) is 0. The van der Waals surface area contributed by atoms with E-state index in [1.165, 1.54) is 0 Å². The van der Waals surface area contributed by atoms with Gasteiger partial charge in [-0.3, -0.25) is 11.3 Å². The summed E-state index contributed by atoms with van der Waals surface area (Å²) in [6.07, 6.45) is 0.923. The van der Waals surface area contributed by atoms with Gasteiger partial charge in [-0.2, -0.15) is 0 Å². The van der Waals surface area contributed by atoms with Crippen molar-refractivity contribution in [2.24, 2.45) is 5.84 Å². The highest BCUT2D eigenvalue weighted by molar-refractivity contribution is 5.43. The van der Waals surface area contributed by atoms with Gasteiger partial charge >= 0.3 is 0 Å². The lowest BCUT2D eigenvalue weighted by Crippen LogP contribution is -2.27. The first-order valence-electron chi connectivity index (χ1n) is 4.94. The van der Waals surface area contributed by atoms with Crippen molar-refractivity contribution < 1.29 is 9.47 Å². The Bertz CT molecular complexity index is 311. The summed E-state index contributed by atoms with van der Waals surface area (Å²) in [7, 11) is 3.24. The maximum absolute atomic E-state index is 5.46. The predicted octanol–water partition coefficient (Wildman–Crippen LogP) is 1.62. The topological polar surface area (TPSA) is 56.5 Å². The number of nitrogens with one attached hydrogen (secondary N) is 1. The SMILES string of the molecule is CCC(NN)c1ccc(OC)c(OC)c1. The minimum absolute atomic E-state index is 0.143. The van der Waals surface area contributed by atoms with Crippen LogP contribution in [0.2, 0.25) is 0 Å². The first kappa shape index (κ1) is 11.8. The van der Waals surface area contributed by atoms with Crippen molar-refractivity contribution in [1.82, 2.24) is 5.43 Å². The van der Waals surface area contributed by atoms with E-state index in [9.17, 15) is 0 Å². The molecule has 0 bridgehead atoms. The van der Waals surface area contributed by atoms with E-state index in [4.69, 9.17) is 15.3 Å². The average Bonchev–Trinajstić information content (AvgIpc) is 2.30. The van der Waals surface area contributed by atoms with Crippen LogP contribution in [0.1, 0.15) is 24.9 Å². The lowest BCUT2D eigenvalue weighted by Gasteiger charge is -2.16. The highest BCUT2D eigenvalue weighted by atomic mass is 16.5. The predicted molar refractivity (Wildman–Crippen MR) is 59.9 cm³/mol. The van der Waals surface area contributed by atoms with Gasteiger partial charge in [-0.1, -0.05) is 13.0 Å². The number of methoxy groups -OCH3 is 2. The highest BCUT2D eigenvalue weighted by Crippen LogP contribution is 2.30. The van der Waals surface area contributed by atoms with Crippen LogP contribution in [0, 0.1) is 0 Å². The Balaban J connectivity index is 3.01. The molecule has 0 aliphatic carbocycles. The molecule has 1 unspecified atom stereocenters. The monoisotopic (exact) mass is 210 g/mol. The van der Waals surface area contributed by atoms with Gasteiger partial charge in [0.05, 0.1) is 14.2 Å². The number of hydrazine groups is 1. The fourth-order valence-electron chi connectivity index (χ4n) is 1.52. The molecular formula is C11H18N2O2. The van der Waals surface area contributed by atoms with E-state index < -0.39 is 0 Å². The first-order chi connectivity index (χ1) is 7.26. The number of ether oxygens (including phenoxy) is 2. The maximum Gasteiger partial charge on any atom is 0.161 e. The fourth-order valence-corrected chi connectivity index (χ4v) is 1.52. The summed E-state index contributed by atoms with van der Waals surface area (Å²) in [6, 6.07) is 5.95. The smallest absolute Gasteiger partial charge is 0.161 e. The van der Waals surface area contributed by atoms with E-state index in [0.29, 0.717) is 0 Å². The molecule has 0 spiro atoms. The van der Waals surface area contributed by atoms with Crippen LogP contribution in [0.15, 0.2) is 18.2 Å². The molecule has 3 N–H and O–H groups in total. The molecule has 84 valence electrons. The zero-order chi connectivity index (χ0) is 11.3. The Hall–Kier alpha value is -1.26. The van der Waals surface area contributed by atoms with Gasteiger partial charge in [-0.15, -0.1) is 0 Å². The molecule has 1 rings (SSSR count). The summed E-state index contributed by atoms with van der Waals surface area (Å²) in [5.74, 6) is 6.91. The first-order valence-corrected chi connectivity index (χ1v) is 4.94. The van der Waals surface area contributed by atoms with Crippen molar-refractivity contribution in [2.75, 3.05) is 14.2 Å². The number of hydrogen-bond donors (Lipinski definition) is 2. The molecule has 0 heterocycles. The van der Waals surface area contributed by atoms with Crippen molar-refractivity contribution in [3.05, 3.63) is 23.8 Å². The molecule has 0 fully saturated rings. The number of rotatable bonds is 5. The molecule has 0 aliphatic rings. The lowest BCUT2D eigenvalue weighted by atomic mass is 10.0. The van der Waals surface area contributed by atoms with Crippen molar-refractivity contribution in [1.29, 1.82) is 0 Å². The summed E-state index contributed by atoms with van der Waals surface area (Å²) in [5.41, 5.74) is 3.86. The molecule has 0 aromatic heterocycles. The second-order valence-corrected chi connectivity index (χ2v) is 3.24. The van der Waals surface area contributed by atoms with E-state index in [-0.39, 0.29) is 6.04 Å². The van der Waals surface area contributed by atoms with Crippen molar-refractivity contribution in [3.63, 3.8) is 0 Å². The normalized spacial score (nSPS) is 12.3. The van der Waals surface area contributed by atoms with E-state index in [1.54, 1.807) is 14.2 Å². The quantitative estimate of drug-likeness (QED) is 0.572. The third-order valence-corrected chi connectivity index (χ3v) is 2.42. The van der Waals surface area contributed by atoms with Crippen LogP contribution in [-0.4, -0.2) is 14.2 Å². The Labute approximate surface area is 90.3 Å². The van der Waals surface area contributed by atoms with Crippen LogP contribution < -0.4 is 20.7 Å². The van der Waals surface area contributed by atoms with Crippen LogP contribution in [0.25, 0.3) is 0 Å².